The lowest BCUT2D eigenvalue weighted by Crippen LogP contribution is -2.09. The Bertz CT molecular complexity index is 804. The van der Waals surface area contributed by atoms with Crippen molar-refractivity contribution in [2.24, 2.45) is 11.3 Å². The van der Waals surface area contributed by atoms with Crippen molar-refractivity contribution in [3.05, 3.63) is 58.8 Å². The Hall–Kier alpha value is -2.13. The van der Waals surface area contributed by atoms with Crippen molar-refractivity contribution in [1.29, 1.82) is 0 Å². The molecule has 0 aliphatic rings. The molecule has 1 aromatic carbocycles. The van der Waals surface area contributed by atoms with E-state index in [9.17, 15) is 4.79 Å². The van der Waals surface area contributed by atoms with E-state index < -0.39 is 0 Å². The minimum atomic E-state index is 0.194. The second kappa shape index (κ2) is 9.18. The van der Waals surface area contributed by atoms with Crippen LogP contribution in [0.5, 0.6) is 11.6 Å². The number of allylic oxidation sites excluding steroid dienone is 1. The van der Waals surface area contributed by atoms with Gasteiger partial charge in [-0.3, -0.25) is 0 Å². The van der Waals surface area contributed by atoms with E-state index in [2.05, 4.69) is 25.8 Å². The zero-order valence-corrected chi connectivity index (χ0v) is 17.5. The monoisotopic (exact) mass is 385 g/mol. The maximum atomic E-state index is 11.1. The molecule has 0 amide bonds. The number of carbonyl (C=O) groups is 1. The second-order valence-electron chi connectivity index (χ2n) is 8.28. The van der Waals surface area contributed by atoms with Gasteiger partial charge in [-0.05, 0) is 54.0 Å². The van der Waals surface area contributed by atoms with Crippen LogP contribution in [-0.4, -0.2) is 10.8 Å². The van der Waals surface area contributed by atoms with E-state index >= 15 is 0 Å². The van der Waals surface area contributed by atoms with Gasteiger partial charge in [-0.2, -0.15) is 0 Å². The number of aromatic nitrogens is 1. The number of carbonyl (C=O) groups excluding carboxylic acids is 1. The van der Waals surface area contributed by atoms with E-state index in [-0.39, 0.29) is 17.1 Å². The predicted octanol–water partition coefficient (Wildman–Crippen LogP) is 6.74. The topological polar surface area (TPSA) is 39.2 Å². The summed E-state index contributed by atoms with van der Waals surface area (Å²) in [5.41, 5.74) is 2.36. The molecular formula is C23H28ClNO2. The summed E-state index contributed by atoms with van der Waals surface area (Å²) in [5.74, 6) is 1.50. The van der Waals surface area contributed by atoms with Gasteiger partial charge in [0.15, 0.2) is 0 Å². The number of pyridine rings is 1. The minimum Gasteiger partial charge on any atom is -0.437 e. The fraction of sp³-hybridized carbons (Fsp3) is 0.391. The van der Waals surface area contributed by atoms with Gasteiger partial charge in [0.05, 0.1) is 5.02 Å². The number of hydrogen-bond donors (Lipinski definition) is 0. The molecule has 27 heavy (non-hydrogen) atoms. The van der Waals surface area contributed by atoms with Crippen LogP contribution in [0.1, 0.15) is 52.2 Å². The maximum Gasteiger partial charge on any atom is 0.219 e. The fourth-order valence-electron chi connectivity index (χ4n) is 2.81. The molecule has 0 saturated carbocycles. The number of hydrogen-bond acceptors (Lipinski definition) is 3. The number of rotatable bonds is 7. The fourth-order valence-corrected chi connectivity index (χ4v) is 3.05. The summed E-state index contributed by atoms with van der Waals surface area (Å²) in [7, 11) is 0. The summed E-state index contributed by atoms with van der Waals surface area (Å²) in [4.78, 5) is 15.5. The van der Waals surface area contributed by atoms with E-state index in [1.54, 1.807) is 13.1 Å². The van der Waals surface area contributed by atoms with Crippen LogP contribution in [0.15, 0.2) is 42.6 Å². The molecular weight excluding hydrogens is 358 g/mol. The van der Waals surface area contributed by atoms with Gasteiger partial charge >= 0.3 is 0 Å². The molecule has 0 bridgehead atoms. The molecule has 0 saturated heterocycles. The molecule has 0 radical (unpaired) electrons. The molecule has 0 fully saturated rings. The molecule has 2 aromatic rings. The number of ketones is 1. The SMILES string of the molecule is CC(=O)C[C@@H](C)/C=C/c1ccc(Oc2ccc(CC(C)(C)C)cc2Cl)nc1. The van der Waals surface area contributed by atoms with E-state index in [1.165, 1.54) is 5.56 Å². The Balaban J connectivity index is 2.02. The summed E-state index contributed by atoms with van der Waals surface area (Å²) < 4.78 is 5.82. The summed E-state index contributed by atoms with van der Waals surface area (Å²) in [6.45, 7) is 10.2. The number of Topliss-reactive ketones (excluding diaryl/α,β-unsaturated/α-hetero) is 1. The molecule has 0 N–H and O–H groups in total. The smallest absolute Gasteiger partial charge is 0.219 e. The van der Waals surface area contributed by atoms with Crippen molar-refractivity contribution in [3.8, 4) is 11.6 Å². The van der Waals surface area contributed by atoms with Gasteiger partial charge in [0.2, 0.25) is 5.88 Å². The third-order valence-electron chi connectivity index (χ3n) is 3.93. The van der Waals surface area contributed by atoms with Gasteiger partial charge in [0.25, 0.3) is 0 Å². The first kappa shape index (κ1) is 21.2. The van der Waals surface area contributed by atoms with Crippen LogP contribution in [0, 0.1) is 11.3 Å². The predicted molar refractivity (Wildman–Crippen MR) is 112 cm³/mol. The number of ether oxygens (including phenoxy) is 1. The van der Waals surface area contributed by atoms with Crippen molar-refractivity contribution in [1.82, 2.24) is 4.98 Å². The van der Waals surface area contributed by atoms with Crippen LogP contribution in [-0.2, 0) is 11.2 Å². The van der Waals surface area contributed by atoms with Crippen molar-refractivity contribution in [3.63, 3.8) is 0 Å². The molecule has 4 heteroatoms. The van der Waals surface area contributed by atoms with Gasteiger partial charge in [-0.15, -0.1) is 0 Å². The lowest BCUT2D eigenvalue weighted by molar-refractivity contribution is -0.117. The third kappa shape index (κ3) is 7.56. The summed E-state index contributed by atoms with van der Waals surface area (Å²) in [6, 6.07) is 9.63. The second-order valence-corrected chi connectivity index (χ2v) is 8.68. The van der Waals surface area contributed by atoms with E-state index in [1.807, 2.05) is 49.4 Å². The largest absolute Gasteiger partial charge is 0.437 e. The first-order chi connectivity index (χ1) is 12.6. The summed E-state index contributed by atoms with van der Waals surface area (Å²) in [6.07, 6.45) is 7.24. The van der Waals surface area contributed by atoms with Crippen molar-refractivity contribution >= 4 is 23.5 Å². The Morgan fingerprint density at radius 1 is 1.26 bits per heavy atom. The first-order valence-corrected chi connectivity index (χ1v) is 9.60. The van der Waals surface area contributed by atoms with E-state index in [4.69, 9.17) is 16.3 Å². The molecule has 144 valence electrons. The van der Waals surface area contributed by atoms with Gasteiger partial charge in [0.1, 0.15) is 11.5 Å². The van der Waals surface area contributed by atoms with Crippen LogP contribution in [0.25, 0.3) is 6.08 Å². The van der Waals surface area contributed by atoms with Crippen molar-refractivity contribution in [2.75, 3.05) is 0 Å². The van der Waals surface area contributed by atoms with Crippen molar-refractivity contribution < 1.29 is 9.53 Å². The molecule has 1 heterocycles. The number of halogens is 1. The Morgan fingerprint density at radius 3 is 2.56 bits per heavy atom. The highest BCUT2D eigenvalue weighted by atomic mass is 35.5. The molecule has 0 spiro atoms. The summed E-state index contributed by atoms with van der Waals surface area (Å²) >= 11 is 6.37. The average molecular weight is 386 g/mol. The highest BCUT2D eigenvalue weighted by Gasteiger charge is 2.13. The standard InChI is InChI=1S/C23H28ClNO2/c1-16(12-17(2)26)6-7-18-9-11-22(25-15-18)27-21-10-8-19(13-20(21)24)14-23(3,4)5/h6-11,13,15-16H,12,14H2,1-5H3/b7-6+/t16-/m0/s1. The Kier molecular flexibility index (Phi) is 7.20. The average Bonchev–Trinajstić information content (AvgIpc) is 2.54. The highest BCUT2D eigenvalue weighted by Crippen LogP contribution is 2.31. The van der Waals surface area contributed by atoms with Gasteiger partial charge < -0.3 is 9.53 Å². The van der Waals surface area contributed by atoms with Crippen LogP contribution in [0.4, 0.5) is 0 Å². The van der Waals surface area contributed by atoms with Crippen LogP contribution < -0.4 is 4.74 Å². The molecule has 1 aromatic heterocycles. The minimum absolute atomic E-state index is 0.194. The highest BCUT2D eigenvalue weighted by molar-refractivity contribution is 6.32. The molecule has 2 rings (SSSR count). The Labute approximate surface area is 167 Å². The maximum absolute atomic E-state index is 11.1. The lowest BCUT2D eigenvalue weighted by atomic mass is 9.88. The van der Waals surface area contributed by atoms with Gasteiger partial charge in [0, 0.05) is 18.7 Å². The van der Waals surface area contributed by atoms with E-state index in [0.29, 0.717) is 23.1 Å². The third-order valence-corrected chi connectivity index (χ3v) is 4.23. The van der Waals surface area contributed by atoms with Crippen LogP contribution in [0.2, 0.25) is 5.02 Å². The van der Waals surface area contributed by atoms with Gasteiger partial charge in [-0.1, -0.05) is 57.5 Å². The zero-order chi connectivity index (χ0) is 20.0. The number of benzene rings is 1. The number of nitrogens with zero attached hydrogens (tertiary/aromatic N) is 1. The zero-order valence-electron chi connectivity index (χ0n) is 16.8. The Morgan fingerprint density at radius 2 is 2.00 bits per heavy atom. The molecule has 1 atom stereocenters. The molecule has 3 nitrogen and oxygen atoms in total. The summed E-state index contributed by atoms with van der Waals surface area (Å²) in [5, 5.41) is 0.584. The first-order valence-electron chi connectivity index (χ1n) is 9.22. The quantitative estimate of drug-likeness (QED) is 0.529. The molecule has 0 aliphatic carbocycles. The molecule has 0 aliphatic heterocycles. The van der Waals surface area contributed by atoms with Crippen LogP contribution in [0.3, 0.4) is 0 Å². The van der Waals surface area contributed by atoms with Gasteiger partial charge in [-0.25, -0.2) is 4.98 Å². The van der Waals surface area contributed by atoms with Crippen LogP contribution >= 0.6 is 11.6 Å². The lowest BCUT2D eigenvalue weighted by Gasteiger charge is -2.18. The molecule has 0 unspecified atom stereocenters. The van der Waals surface area contributed by atoms with E-state index in [0.717, 1.165) is 12.0 Å². The normalized spacial score (nSPS) is 13.0. The van der Waals surface area contributed by atoms with Crippen molar-refractivity contribution in [2.45, 2.75) is 47.5 Å².